The molecule has 0 saturated heterocycles. The van der Waals surface area contributed by atoms with E-state index in [9.17, 15) is 0 Å². The number of fused-ring (bicyclic) bond motifs is 18. The van der Waals surface area contributed by atoms with Crippen molar-refractivity contribution in [1.29, 1.82) is 0 Å². The number of benzene rings is 13. The Bertz CT molecular complexity index is 4100. The summed E-state index contributed by atoms with van der Waals surface area (Å²) in [4.78, 5) is 0. The smallest absolute Gasteiger partial charge is 0.0159 e. The fourth-order valence-electron chi connectivity index (χ4n) is 11.9. The summed E-state index contributed by atoms with van der Waals surface area (Å²) in [6.07, 6.45) is 0. The second-order valence-electron chi connectivity index (χ2n) is 18.3. The normalized spacial score (nSPS) is 13.4. The standard InChI is InChI=1S/C63H40/c1-63(2)59-35-55-43-22-8-6-20-41(43)40-19-5-7-21-42(40)53(55)33-57(59)58-34-54-45-24-10-9-23-44(45)52-32-38(30-31-46(52)56(54)36-60(58)63)61-48-25-11-13-27-50(48)62(51-28-14-12-26-49(51)61)47-29-15-17-37-16-3-4-18-39(37)47/h3-36H,1-2H3. The molecule has 0 fully saturated rings. The molecule has 0 atom stereocenters. The molecule has 1 aliphatic rings. The second kappa shape index (κ2) is 12.6. The van der Waals surface area contributed by atoms with E-state index in [1.807, 2.05) is 0 Å². The molecule has 292 valence electrons. The van der Waals surface area contributed by atoms with Crippen molar-refractivity contribution in [3.05, 3.63) is 217 Å². The Morgan fingerprint density at radius 2 is 0.587 bits per heavy atom. The lowest BCUT2D eigenvalue weighted by Gasteiger charge is -2.23. The Hall–Kier alpha value is -7.80. The third-order valence-corrected chi connectivity index (χ3v) is 14.8. The summed E-state index contributed by atoms with van der Waals surface area (Å²) >= 11 is 0. The van der Waals surface area contributed by atoms with Crippen molar-refractivity contribution in [3.8, 4) is 33.4 Å². The summed E-state index contributed by atoms with van der Waals surface area (Å²) in [5.74, 6) is 0. The maximum absolute atomic E-state index is 2.55. The van der Waals surface area contributed by atoms with Crippen molar-refractivity contribution in [1.82, 2.24) is 0 Å². The summed E-state index contributed by atoms with van der Waals surface area (Å²) in [6.45, 7) is 4.86. The quantitative estimate of drug-likeness (QED) is 0.121. The first-order chi connectivity index (χ1) is 31.0. The van der Waals surface area contributed by atoms with Crippen molar-refractivity contribution in [2.75, 3.05) is 0 Å². The number of rotatable bonds is 2. The summed E-state index contributed by atoms with van der Waals surface area (Å²) in [7, 11) is 0. The largest absolute Gasteiger partial charge is 0.0616 e. The first-order valence-corrected chi connectivity index (χ1v) is 22.3. The van der Waals surface area contributed by atoms with Crippen LogP contribution >= 0.6 is 0 Å². The molecule has 0 heterocycles. The molecule has 13 aromatic carbocycles. The van der Waals surface area contributed by atoms with E-state index < -0.39 is 0 Å². The zero-order valence-corrected chi connectivity index (χ0v) is 35.1. The van der Waals surface area contributed by atoms with Crippen molar-refractivity contribution in [2.24, 2.45) is 0 Å². The van der Waals surface area contributed by atoms with Crippen LogP contribution in [0.5, 0.6) is 0 Å². The minimum absolute atomic E-state index is 0.179. The van der Waals surface area contributed by atoms with E-state index in [1.165, 1.54) is 141 Å². The van der Waals surface area contributed by atoms with Gasteiger partial charge in [-0.25, -0.2) is 0 Å². The van der Waals surface area contributed by atoms with Crippen molar-refractivity contribution in [3.63, 3.8) is 0 Å². The van der Waals surface area contributed by atoms with E-state index in [1.54, 1.807) is 0 Å². The van der Waals surface area contributed by atoms with Crippen LogP contribution in [0.25, 0.3) is 130 Å². The van der Waals surface area contributed by atoms with Crippen molar-refractivity contribution in [2.45, 2.75) is 19.3 Å². The fourth-order valence-corrected chi connectivity index (χ4v) is 11.9. The van der Waals surface area contributed by atoms with Gasteiger partial charge in [0, 0.05) is 5.41 Å². The maximum atomic E-state index is 2.55. The highest BCUT2D eigenvalue weighted by atomic mass is 14.4. The zero-order chi connectivity index (χ0) is 41.6. The summed E-state index contributed by atoms with van der Waals surface area (Å²) < 4.78 is 0. The van der Waals surface area contributed by atoms with Crippen LogP contribution in [-0.2, 0) is 5.41 Å². The molecular formula is C63H40. The highest BCUT2D eigenvalue weighted by molar-refractivity contribution is 6.30. The molecule has 0 aromatic heterocycles. The minimum Gasteiger partial charge on any atom is -0.0616 e. The lowest BCUT2D eigenvalue weighted by atomic mass is 9.80. The van der Waals surface area contributed by atoms with E-state index in [0.717, 1.165) is 0 Å². The molecule has 0 aliphatic heterocycles. The topological polar surface area (TPSA) is 0 Å². The van der Waals surface area contributed by atoms with Crippen LogP contribution in [0.15, 0.2) is 206 Å². The third kappa shape index (κ3) is 4.70. The Labute approximate surface area is 365 Å². The van der Waals surface area contributed by atoms with Gasteiger partial charge in [-0.2, -0.15) is 0 Å². The molecule has 0 heteroatoms. The molecule has 0 saturated carbocycles. The van der Waals surface area contributed by atoms with Crippen LogP contribution in [0, 0.1) is 0 Å². The minimum atomic E-state index is -0.179. The summed E-state index contributed by atoms with van der Waals surface area (Å²) in [6, 6.07) is 77.9. The summed E-state index contributed by atoms with van der Waals surface area (Å²) in [5.41, 5.74) is 10.4. The molecule has 63 heavy (non-hydrogen) atoms. The van der Waals surface area contributed by atoms with E-state index >= 15 is 0 Å². The molecule has 0 radical (unpaired) electrons. The molecule has 13 aromatic rings. The van der Waals surface area contributed by atoms with Crippen LogP contribution in [-0.4, -0.2) is 0 Å². The molecule has 0 spiro atoms. The average Bonchev–Trinajstić information content (AvgIpc) is 3.56. The predicted molar refractivity (Wildman–Crippen MR) is 272 cm³/mol. The fraction of sp³-hybridized carbons (Fsp3) is 0.0476. The lowest BCUT2D eigenvalue weighted by Crippen LogP contribution is -2.15. The van der Waals surface area contributed by atoms with E-state index in [-0.39, 0.29) is 5.41 Å². The van der Waals surface area contributed by atoms with Crippen LogP contribution in [0.2, 0.25) is 0 Å². The van der Waals surface area contributed by atoms with Gasteiger partial charge < -0.3 is 0 Å². The van der Waals surface area contributed by atoms with Crippen LogP contribution in [0.1, 0.15) is 25.0 Å². The molecule has 0 unspecified atom stereocenters. The van der Waals surface area contributed by atoms with Gasteiger partial charge in [-0.1, -0.05) is 190 Å². The monoisotopic (exact) mass is 796 g/mol. The Morgan fingerprint density at radius 3 is 1.08 bits per heavy atom. The van der Waals surface area contributed by atoms with Gasteiger partial charge in [0.25, 0.3) is 0 Å². The molecule has 0 bridgehead atoms. The van der Waals surface area contributed by atoms with Gasteiger partial charge in [-0.15, -0.1) is 0 Å². The van der Waals surface area contributed by atoms with Crippen molar-refractivity contribution >= 4 is 97.0 Å². The Balaban J connectivity index is 1.03. The van der Waals surface area contributed by atoms with E-state index in [4.69, 9.17) is 0 Å². The zero-order valence-electron chi connectivity index (χ0n) is 35.1. The van der Waals surface area contributed by atoms with Gasteiger partial charge in [-0.05, 0) is 172 Å². The van der Waals surface area contributed by atoms with Crippen LogP contribution in [0.4, 0.5) is 0 Å². The number of hydrogen-bond acceptors (Lipinski definition) is 0. The number of hydrogen-bond donors (Lipinski definition) is 0. The molecule has 0 amide bonds. The van der Waals surface area contributed by atoms with Crippen LogP contribution in [0.3, 0.4) is 0 Å². The second-order valence-corrected chi connectivity index (χ2v) is 18.3. The highest BCUT2D eigenvalue weighted by Crippen LogP contribution is 2.54. The molecule has 0 nitrogen and oxygen atoms in total. The first-order valence-electron chi connectivity index (χ1n) is 22.3. The predicted octanol–water partition coefficient (Wildman–Crippen LogP) is 17.7. The van der Waals surface area contributed by atoms with Gasteiger partial charge in [0.05, 0.1) is 0 Å². The van der Waals surface area contributed by atoms with Crippen molar-refractivity contribution < 1.29 is 0 Å². The molecule has 14 rings (SSSR count). The van der Waals surface area contributed by atoms with E-state index in [0.29, 0.717) is 0 Å². The molecule has 1 aliphatic carbocycles. The van der Waals surface area contributed by atoms with Gasteiger partial charge in [0.15, 0.2) is 0 Å². The first kappa shape index (κ1) is 34.9. The summed E-state index contributed by atoms with van der Waals surface area (Å²) in [5, 5.41) is 23.4. The molecular weight excluding hydrogens is 757 g/mol. The van der Waals surface area contributed by atoms with E-state index in [2.05, 4.69) is 220 Å². The average molecular weight is 797 g/mol. The lowest BCUT2D eigenvalue weighted by molar-refractivity contribution is 0.662. The van der Waals surface area contributed by atoms with Crippen LogP contribution < -0.4 is 0 Å². The van der Waals surface area contributed by atoms with Gasteiger partial charge in [0.1, 0.15) is 0 Å². The van der Waals surface area contributed by atoms with Gasteiger partial charge >= 0.3 is 0 Å². The third-order valence-electron chi connectivity index (χ3n) is 14.8. The Kier molecular flexibility index (Phi) is 6.99. The highest BCUT2D eigenvalue weighted by Gasteiger charge is 2.37. The SMILES string of the molecule is CC1(C)c2cc3c4ccccc4c4ccccc4c3cc2-c2cc3c4ccccc4c4cc(-c5c6ccccc6c(-c6cccc7ccccc67)c6ccccc56)ccc4c3cc21. The Morgan fingerprint density at radius 1 is 0.238 bits per heavy atom. The molecule has 0 N–H and O–H groups in total. The van der Waals surface area contributed by atoms with Gasteiger partial charge in [-0.3, -0.25) is 0 Å². The maximum Gasteiger partial charge on any atom is 0.0159 e. The van der Waals surface area contributed by atoms with Gasteiger partial charge in [0.2, 0.25) is 0 Å².